The summed E-state index contributed by atoms with van der Waals surface area (Å²) in [7, 11) is 2.05. The fraction of sp³-hybridized carbons (Fsp3) is 0.727. The Morgan fingerprint density at radius 3 is 3.00 bits per heavy atom. The monoisotopic (exact) mass is 193 g/mol. The van der Waals surface area contributed by atoms with Crippen molar-refractivity contribution in [3.05, 3.63) is 18.2 Å². The minimum atomic E-state index is 0.589. The smallest absolute Gasteiger partial charge is 0.107 e. The highest BCUT2D eigenvalue weighted by atomic mass is 14.9. The third-order valence-electron chi connectivity index (χ3n) is 3.25. The normalized spacial score (nSPS) is 19.2. The lowest BCUT2D eigenvalue weighted by molar-refractivity contribution is 0.262. The van der Waals surface area contributed by atoms with Gasteiger partial charge in [-0.1, -0.05) is 19.3 Å². The van der Waals surface area contributed by atoms with Gasteiger partial charge in [0.1, 0.15) is 5.82 Å². The molecule has 1 aromatic rings. The van der Waals surface area contributed by atoms with Gasteiger partial charge in [0.25, 0.3) is 0 Å². The number of likely N-dealkylation sites (N-methyl/N-ethyl adjacent to an activating group) is 1. The molecule has 1 saturated carbocycles. The van der Waals surface area contributed by atoms with E-state index >= 15 is 0 Å². The number of imidazole rings is 1. The first-order valence-corrected chi connectivity index (χ1v) is 5.54. The van der Waals surface area contributed by atoms with Crippen LogP contribution >= 0.6 is 0 Å². The number of hydrogen-bond acceptors (Lipinski definition) is 2. The fourth-order valence-electron chi connectivity index (χ4n) is 2.08. The Labute approximate surface area is 85.3 Å². The minimum absolute atomic E-state index is 0.589. The Bertz CT molecular complexity index is 252. The second kappa shape index (κ2) is 4.60. The van der Waals surface area contributed by atoms with E-state index in [1.807, 2.05) is 19.4 Å². The summed E-state index contributed by atoms with van der Waals surface area (Å²) in [6.45, 7) is 0. The summed E-state index contributed by atoms with van der Waals surface area (Å²) in [4.78, 5) is 7.42. The first-order valence-electron chi connectivity index (χ1n) is 5.54. The van der Waals surface area contributed by atoms with Crippen molar-refractivity contribution < 1.29 is 0 Å². The number of nitrogens with zero attached hydrogens (tertiary/aromatic N) is 1. The van der Waals surface area contributed by atoms with Crippen molar-refractivity contribution >= 4 is 0 Å². The highest BCUT2D eigenvalue weighted by molar-refractivity contribution is 4.92. The van der Waals surface area contributed by atoms with Gasteiger partial charge in [0.2, 0.25) is 0 Å². The zero-order valence-corrected chi connectivity index (χ0v) is 8.79. The van der Waals surface area contributed by atoms with Gasteiger partial charge in [0, 0.05) is 24.9 Å². The van der Waals surface area contributed by atoms with E-state index in [1.54, 1.807) is 0 Å². The fourth-order valence-corrected chi connectivity index (χ4v) is 2.08. The molecule has 1 unspecified atom stereocenters. The third kappa shape index (κ3) is 2.35. The van der Waals surface area contributed by atoms with Crippen LogP contribution in [0.25, 0.3) is 0 Å². The van der Waals surface area contributed by atoms with Gasteiger partial charge < -0.3 is 10.3 Å². The highest BCUT2D eigenvalue weighted by Crippen LogP contribution is 2.30. The Hall–Kier alpha value is -0.830. The van der Waals surface area contributed by atoms with Gasteiger partial charge in [-0.15, -0.1) is 0 Å². The number of aromatic amines is 1. The van der Waals surface area contributed by atoms with Crippen molar-refractivity contribution in [2.75, 3.05) is 7.05 Å². The molecule has 0 spiro atoms. The van der Waals surface area contributed by atoms with Crippen LogP contribution in [-0.2, 0) is 6.42 Å². The van der Waals surface area contributed by atoms with E-state index in [0.717, 1.165) is 18.2 Å². The summed E-state index contributed by atoms with van der Waals surface area (Å²) in [5.41, 5.74) is 0. The summed E-state index contributed by atoms with van der Waals surface area (Å²) in [5, 5.41) is 3.38. The molecule has 0 bridgehead atoms. The molecule has 1 heterocycles. The second-order valence-electron chi connectivity index (χ2n) is 4.26. The van der Waals surface area contributed by atoms with Crippen molar-refractivity contribution in [1.29, 1.82) is 0 Å². The highest BCUT2D eigenvalue weighted by Gasteiger charge is 2.21. The van der Waals surface area contributed by atoms with E-state index in [4.69, 9.17) is 0 Å². The molecule has 3 nitrogen and oxygen atoms in total. The molecule has 2 N–H and O–H groups in total. The molecule has 1 fully saturated rings. The maximum absolute atomic E-state index is 4.26. The van der Waals surface area contributed by atoms with Crippen molar-refractivity contribution in [3.63, 3.8) is 0 Å². The molecule has 0 aromatic carbocycles. The number of rotatable bonds is 5. The molecule has 2 rings (SSSR count). The molecule has 1 atom stereocenters. The van der Waals surface area contributed by atoms with Gasteiger partial charge in [-0.2, -0.15) is 0 Å². The van der Waals surface area contributed by atoms with E-state index in [9.17, 15) is 0 Å². The quantitative estimate of drug-likeness (QED) is 0.747. The van der Waals surface area contributed by atoms with Crippen LogP contribution in [0.5, 0.6) is 0 Å². The van der Waals surface area contributed by atoms with Gasteiger partial charge in [0.05, 0.1) is 0 Å². The maximum Gasteiger partial charge on any atom is 0.107 e. The molecule has 3 heteroatoms. The summed E-state index contributed by atoms with van der Waals surface area (Å²) in [6, 6.07) is 0.589. The molecule has 1 aliphatic rings. The summed E-state index contributed by atoms with van der Waals surface area (Å²) < 4.78 is 0. The van der Waals surface area contributed by atoms with Crippen LogP contribution < -0.4 is 5.32 Å². The van der Waals surface area contributed by atoms with Crippen molar-refractivity contribution in [2.45, 2.75) is 38.1 Å². The Kier molecular flexibility index (Phi) is 3.19. The molecule has 1 aliphatic carbocycles. The van der Waals surface area contributed by atoms with Gasteiger partial charge in [-0.3, -0.25) is 0 Å². The van der Waals surface area contributed by atoms with E-state index < -0.39 is 0 Å². The van der Waals surface area contributed by atoms with E-state index in [-0.39, 0.29) is 0 Å². The van der Waals surface area contributed by atoms with Crippen LogP contribution in [0, 0.1) is 5.92 Å². The Morgan fingerprint density at radius 2 is 2.50 bits per heavy atom. The summed E-state index contributed by atoms with van der Waals surface area (Å²) in [6.07, 6.45) is 10.3. The van der Waals surface area contributed by atoms with Crippen LogP contribution in [0.2, 0.25) is 0 Å². The number of nitrogens with one attached hydrogen (secondary N) is 2. The van der Waals surface area contributed by atoms with Gasteiger partial charge in [0.15, 0.2) is 0 Å². The zero-order chi connectivity index (χ0) is 9.80. The summed E-state index contributed by atoms with van der Waals surface area (Å²) >= 11 is 0. The lowest BCUT2D eigenvalue weighted by Gasteiger charge is -2.29. The van der Waals surface area contributed by atoms with E-state index in [2.05, 4.69) is 15.3 Å². The molecular weight excluding hydrogens is 174 g/mol. The molecule has 0 radical (unpaired) electrons. The lowest BCUT2D eigenvalue weighted by Crippen LogP contribution is -2.32. The molecule has 0 aliphatic heterocycles. The average Bonchev–Trinajstić information content (AvgIpc) is 2.61. The van der Waals surface area contributed by atoms with Gasteiger partial charge in [-0.25, -0.2) is 4.98 Å². The van der Waals surface area contributed by atoms with Gasteiger partial charge >= 0.3 is 0 Å². The van der Waals surface area contributed by atoms with Crippen molar-refractivity contribution in [1.82, 2.24) is 15.3 Å². The molecule has 14 heavy (non-hydrogen) atoms. The standard InChI is InChI=1S/C11H19N3/c1-12-10(7-9-3-2-4-9)8-11-13-5-6-14-11/h5-6,9-10,12H,2-4,7-8H2,1H3,(H,13,14). The van der Waals surface area contributed by atoms with Crippen LogP contribution in [0.15, 0.2) is 12.4 Å². The maximum atomic E-state index is 4.26. The molecule has 0 saturated heterocycles. The topological polar surface area (TPSA) is 40.7 Å². The van der Waals surface area contributed by atoms with Crippen LogP contribution in [0.1, 0.15) is 31.5 Å². The largest absolute Gasteiger partial charge is 0.349 e. The molecule has 0 amide bonds. The Balaban J connectivity index is 1.80. The SMILES string of the molecule is CNC(Cc1ncc[nH]1)CC1CCC1. The lowest BCUT2D eigenvalue weighted by atomic mass is 9.80. The summed E-state index contributed by atoms with van der Waals surface area (Å²) in [5.74, 6) is 2.06. The van der Waals surface area contributed by atoms with Crippen LogP contribution in [-0.4, -0.2) is 23.1 Å². The number of hydrogen-bond donors (Lipinski definition) is 2. The number of aromatic nitrogens is 2. The first-order chi connectivity index (χ1) is 6.88. The molecule has 1 aromatic heterocycles. The van der Waals surface area contributed by atoms with Crippen LogP contribution in [0.3, 0.4) is 0 Å². The second-order valence-corrected chi connectivity index (χ2v) is 4.26. The number of H-pyrrole nitrogens is 1. The van der Waals surface area contributed by atoms with Gasteiger partial charge in [-0.05, 0) is 19.4 Å². The predicted molar refractivity (Wildman–Crippen MR) is 57.1 cm³/mol. The first kappa shape index (κ1) is 9.71. The van der Waals surface area contributed by atoms with E-state index in [1.165, 1.54) is 25.7 Å². The Morgan fingerprint density at radius 1 is 1.64 bits per heavy atom. The van der Waals surface area contributed by atoms with E-state index in [0.29, 0.717) is 6.04 Å². The van der Waals surface area contributed by atoms with Crippen molar-refractivity contribution in [3.8, 4) is 0 Å². The zero-order valence-electron chi connectivity index (χ0n) is 8.79. The average molecular weight is 193 g/mol. The van der Waals surface area contributed by atoms with Crippen LogP contribution in [0.4, 0.5) is 0 Å². The minimum Gasteiger partial charge on any atom is -0.349 e. The third-order valence-corrected chi connectivity index (χ3v) is 3.25. The molecule has 78 valence electrons. The van der Waals surface area contributed by atoms with Crippen molar-refractivity contribution in [2.24, 2.45) is 5.92 Å². The predicted octanol–water partition coefficient (Wildman–Crippen LogP) is 1.73. The molecular formula is C11H19N3.